The normalized spacial score (nSPS) is 13.5. The molecule has 21 heavy (non-hydrogen) atoms. The molecule has 7 heteroatoms. The van der Waals surface area contributed by atoms with Crippen LogP contribution in [-0.2, 0) is 20.7 Å². The first-order valence-electron chi connectivity index (χ1n) is 6.26. The van der Waals surface area contributed by atoms with Gasteiger partial charge >= 0.3 is 5.97 Å². The molecule has 0 aliphatic rings. The molecule has 1 aromatic carbocycles. The number of methoxy groups -OCH3 is 1. The average Bonchev–Trinajstić information content (AvgIpc) is 2.40. The summed E-state index contributed by atoms with van der Waals surface area (Å²) < 4.78 is 31.2. The second-order valence-electron chi connectivity index (χ2n) is 4.83. The fraction of sp³-hybridized carbons (Fsp3) is 0.429. The van der Waals surface area contributed by atoms with Gasteiger partial charge in [0.25, 0.3) is 0 Å². The van der Waals surface area contributed by atoms with Crippen LogP contribution in [0.25, 0.3) is 0 Å². The molecule has 1 amide bonds. The summed E-state index contributed by atoms with van der Waals surface area (Å²) in [5, 5.41) is 11.4. The molecule has 0 aliphatic heterocycles. The van der Waals surface area contributed by atoms with Gasteiger partial charge in [-0.2, -0.15) is 0 Å². The van der Waals surface area contributed by atoms with E-state index in [-0.39, 0.29) is 25.0 Å². The lowest BCUT2D eigenvalue weighted by atomic mass is 10.0. The molecule has 0 aromatic heterocycles. The van der Waals surface area contributed by atoms with E-state index in [1.165, 1.54) is 26.2 Å². The van der Waals surface area contributed by atoms with Gasteiger partial charge in [0.15, 0.2) is 17.2 Å². The van der Waals surface area contributed by atoms with E-state index in [1.54, 1.807) is 0 Å². The highest BCUT2D eigenvalue weighted by atomic mass is 19.2. The maximum atomic E-state index is 13.4. The van der Waals surface area contributed by atoms with Crippen LogP contribution < -0.4 is 5.32 Å². The third-order valence-corrected chi connectivity index (χ3v) is 2.97. The highest BCUT2D eigenvalue weighted by Crippen LogP contribution is 2.13. The lowest BCUT2D eigenvalue weighted by molar-refractivity contribution is -0.149. The fourth-order valence-corrected chi connectivity index (χ4v) is 1.80. The zero-order chi connectivity index (χ0) is 16.0. The summed E-state index contributed by atoms with van der Waals surface area (Å²) in [6.45, 7) is 1.10. The van der Waals surface area contributed by atoms with Gasteiger partial charge in [-0.05, 0) is 25.0 Å². The van der Waals surface area contributed by atoms with E-state index in [4.69, 9.17) is 9.84 Å². The summed E-state index contributed by atoms with van der Waals surface area (Å²) in [4.78, 5) is 22.9. The summed E-state index contributed by atoms with van der Waals surface area (Å²) in [6.07, 6.45) is -0.189. The SMILES string of the molecule is COCC(C)(NC(=O)CCc1cccc(F)c1F)C(=O)O. The van der Waals surface area contributed by atoms with Crippen LogP contribution in [0.15, 0.2) is 18.2 Å². The monoisotopic (exact) mass is 301 g/mol. The first-order chi connectivity index (χ1) is 9.80. The molecule has 0 bridgehead atoms. The van der Waals surface area contributed by atoms with Crippen LogP contribution in [0, 0.1) is 11.6 Å². The Labute approximate surface area is 120 Å². The van der Waals surface area contributed by atoms with Crippen molar-refractivity contribution in [2.24, 2.45) is 0 Å². The van der Waals surface area contributed by atoms with Crippen molar-refractivity contribution in [3.63, 3.8) is 0 Å². The second kappa shape index (κ2) is 7.12. The number of hydrogen-bond donors (Lipinski definition) is 2. The zero-order valence-corrected chi connectivity index (χ0v) is 11.8. The Balaban J connectivity index is 2.65. The molecule has 0 heterocycles. The van der Waals surface area contributed by atoms with Gasteiger partial charge in [0.1, 0.15) is 0 Å². The number of hydrogen-bond acceptors (Lipinski definition) is 3. The second-order valence-corrected chi connectivity index (χ2v) is 4.83. The maximum absolute atomic E-state index is 13.4. The van der Waals surface area contributed by atoms with Crippen molar-refractivity contribution in [1.82, 2.24) is 5.32 Å². The Bertz CT molecular complexity index is 536. The van der Waals surface area contributed by atoms with Gasteiger partial charge in [-0.3, -0.25) is 4.79 Å². The van der Waals surface area contributed by atoms with Crippen molar-refractivity contribution in [3.8, 4) is 0 Å². The molecule has 0 saturated heterocycles. The molecule has 0 radical (unpaired) electrons. The number of carboxylic acid groups (broad SMARTS) is 1. The van der Waals surface area contributed by atoms with Crippen LogP contribution in [-0.4, -0.2) is 36.2 Å². The molecule has 5 nitrogen and oxygen atoms in total. The van der Waals surface area contributed by atoms with Gasteiger partial charge in [-0.25, -0.2) is 13.6 Å². The van der Waals surface area contributed by atoms with Crippen LogP contribution in [0.1, 0.15) is 18.9 Å². The zero-order valence-electron chi connectivity index (χ0n) is 11.8. The topological polar surface area (TPSA) is 75.6 Å². The summed E-state index contributed by atoms with van der Waals surface area (Å²) in [5.41, 5.74) is -1.50. The number of benzene rings is 1. The third kappa shape index (κ3) is 4.49. The van der Waals surface area contributed by atoms with E-state index in [2.05, 4.69) is 5.32 Å². The quantitative estimate of drug-likeness (QED) is 0.800. The number of aliphatic carboxylic acids is 1. The molecule has 1 rings (SSSR count). The molecule has 0 fully saturated rings. The van der Waals surface area contributed by atoms with E-state index < -0.39 is 29.0 Å². The van der Waals surface area contributed by atoms with Crippen molar-refractivity contribution >= 4 is 11.9 Å². The van der Waals surface area contributed by atoms with Crippen molar-refractivity contribution in [2.75, 3.05) is 13.7 Å². The van der Waals surface area contributed by atoms with Crippen molar-refractivity contribution in [3.05, 3.63) is 35.4 Å². The number of nitrogens with one attached hydrogen (secondary N) is 1. The molecule has 1 unspecified atom stereocenters. The van der Waals surface area contributed by atoms with Gasteiger partial charge in [0.05, 0.1) is 6.61 Å². The number of amides is 1. The van der Waals surface area contributed by atoms with Gasteiger partial charge in [0, 0.05) is 13.5 Å². The Morgan fingerprint density at radius 1 is 1.38 bits per heavy atom. The smallest absolute Gasteiger partial charge is 0.331 e. The van der Waals surface area contributed by atoms with Crippen molar-refractivity contribution in [2.45, 2.75) is 25.3 Å². The van der Waals surface area contributed by atoms with Crippen LogP contribution in [0.3, 0.4) is 0 Å². The van der Waals surface area contributed by atoms with Gasteiger partial charge < -0.3 is 15.2 Å². The molecule has 0 spiro atoms. The van der Waals surface area contributed by atoms with Gasteiger partial charge in [-0.1, -0.05) is 12.1 Å². The number of ether oxygens (including phenoxy) is 1. The number of carbonyl (C=O) groups excluding carboxylic acids is 1. The molecule has 0 saturated carbocycles. The maximum Gasteiger partial charge on any atom is 0.331 e. The molecule has 1 atom stereocenters. The predicted octanol–water partition coefficient (Wildman–Crippen LogP) is 1.50. The Morgan fingerprint density at radius 2 is 2.05 bits per heavy atom. The average molecular weight is 301 g/mol. The Kier molecular flexibility index (Phi) is 5.78. The summed E-state index contributed by atoms with van der Waals surface area (Å²) in [5.74, 6) is -3.80. The highest BCUT2D eigenvalue weighted by molar-refractivity contribution is 5.86. The van der Waals surface area contributed by atoms with E-state index in [0.29, 0.717) is 0 Å². The molecular weight excluding hydrogens is 284 g/mol. The lowest BCUT2D eigenvalue weighted by Gasteiger charge is -2.25. The largest absolute Gasteiger partial charge is 0.479 e. The van der Waals surface area contributed by atoms with Crippen LogP contribution in [0.2, 0.25) is 0 Å². The minimum atomic E-state index is -1.56. The van der Waals surface area contributed by atoms with Crippen molar-refractivity contribution < 1.29 is 28.2 Å². The van der Waals surface area contributed by atoms with E-state index in [9.17, 15) is 18.4 Å². The predicted molar refractivity (Wildman–Crippen MR) is 70.7 cm³/mol. The van der Waals surface area contributed by atoms with Crippen LogP contribution in [0.5, 0.6) is 0 Å². The van der Waals surface area contributed by atoms with Gasteiger partial charge in [0.2, 0.25) is 5.91 Å². The van der Waals surface area contributed by atoms with E-state index >= 15 is 0 Å². The summed E-state index contributed by atoms with van der Waals surface area (Å²) in [6, 6.07) is 3.70. The van der Waals surface area contributed by atoms with Crippen LogP contribution >= 0.6 is 0 Å². The number of carbonyl (C=O) groups is 2. The Morgan fingerprint density at radius 3 is 2.62 bits per heavy atom. The highest BCUT2D eigenvalue weighted by Gasteiger charge is 2.34. The Hall–Kier alpha value is -2.02. The minimum absolute atomic E-state index is 0.0297. The number of carboxylic acids is 1. The van der Waals surface area contributed by atoms with Gasteiger partial charge in [-0.15, -0.1) is 0 Å². The first kappa shape index (κ1) is 17.0. The number of rotatable bonds is 7. The minimum Gasteiger partial charge on any atom is -0.479 e. The fourth-order valence-electron chi connectivity index (χ4n) is 1.80. The van der Waals surface area contributed by atoms with Crippen LogP contribution in [0.4, 0.5) is 8.78 Å². The molecule has 116 valence electrons. The van der Waals surface area contributed by atoms with Crippen molar-refractivity contribution in [1.29, 1.82) is 0 Å². The van der Waals surface area contributed by atoms with E-state index in [0.717, 1.165) is 6.07 Å². The summed E-state index contributed by atoms with van der Waals surface area (Å²) >= 11 is 0. The molecular formula is C14H17F2NO4. The molecule has 2 N–H and O–H groups in total. The summed E-state index contributed by atoms with van der Waals surface area (Å²) in [7, 11) is 1.31. The number of halogens is 2. The standard InChI is InChI=1S/C14H17F2NO4/c1-14(8-21-2,13(19)20)17-11(18)7-6-9-4-3-5-10(15)12(9)16/h3-5H,6-8H2,1-2H3,(H,17,18)(H,19,20). The third-order valence-electron chi connectivity index (χ3n) is 2.97. The lowest BCUT2D eigenvalue weighted by Crippen LogP contribution is -2.55. The molecule has 0 aliphatic carbocycles. The van der Waals surface area contributed by atoms with E-state index in [1.807, 2.05) is 0 Å². The number of aryl methyl sites for hydroxylation is 1. The first-order valence-corrected chi connectivity index (χ1v) is 6.26. The molecule has 1 aromatic rings.